The second kappa shape index (κ2) is 3.12. The summed E-state index contributed by atoms with van der Waals surface area (Å²) in [7, 11) is 0. The lowest BCUT2D eigenvalue weighted by molar-refractivity contribution is 0.157. The molecule has 1 N–H and O–H groups in total. The summed E-state index contributed by atoms with van der Waals surface area (Å²) in [6.07, 6.45) is 2.76. The summed E-state index contributed by atoms with van der Waals surface area (Å²) >= 11 is 0.827. The summed E-state index contributed by atoms with van der Waals surface area (Å²) < 4.78 is 13.5. The minimum Gasteiger partial charge on any atom is -0.377 e. The highest BCUT2D eigenvalue weighted by Crippen LogP contribution is 2.17. The van der Waals surface area contributed by atoms with E-state index in [4.69, 9.17) is 9.29 Å². The molecule has 0 unspecified atom stereocenters. The van der Waals surface area contributed by atoms with E-state index in [-0.39, 0.29) is 0 Å². The smallest absolute Gasteiger partial charge is 0.0659 e. The summed E-state index contributed by atoms with van der Waals surface area (Å²) in [5, 5.41) is 0. The van der Waals surface area contributed by atoms with E-state index in [1.807, 2.05) is 6.08 Å². The third kappa shape index (κ3) is 1.51. The molecular formula is C5H8O2S. The van der Waals surface area contributed by atoms with Crippen LogP contribution in [0.1, 0.15) is 6.42 Å². The van der Waals surface area contributed by atoms with Crippen molar-refractivity contribution in [2.75, 3.05) is 13.2 Å². The molecule has 2 nitrogen and oxygen atoms in total. The molecule has 0 aromatic carbocycles. The molecule has 0 saturated heterocycles. The van der Waals surface area contributed by atoms with Crippen molar-refractivity contribution < 1.29 is 9.29 Å². The summed E-state index contributed by atoms with van der Waals surface area (Å²) in [5.74, 6) is 0. The largest absolute Gasteiger partial charge is 0.377 e. The third-order valence-electron chi connectivity index (χ3n) is 1.04. The van der Waals surface area contributed by atoms with Gasteiger partial charge in [0, 0.05) is 23.4 Å². The van der Waals surface area contributed by atoms with Crippen LogP contribution >= 0.6 is 12.0 Å². The molecule has 0 spiro atoms. The monoisotopic (exact) mass is 132 g/mol. The van der Waals surface area contributed by atoms with E-state index in [1.54, 1.807) is 0 Å². The SMILES string of the molecule is OSC1=CCOCC1. The fraction of sp³-hybridized carbons (Fsp3) is 0.600. The maximum absolute atomic E-state index is 8.48. The van der Waals surface area contributed by atoms with Crippen LogP contribution in [0.4, 0.5) is 0 Å². The van der Waals surface area contributed by atoms with Crippen LogP contribution in [0.5, 0.6) is 0 Å². The molecule has 0 amide bonds. The van der Waals surface area contributed by atoms with Gasteiger partial charge in [0.25, 0.3) is 0 Å². The van der Waals surface area contributed by atoms with Gasteiger partial charge in [-0.15, -0.1) is 0 Å². The molecule has 0 aliphatic carbocycles. The van der Waals surface area contributed by atoms with Gasteiger partial charge in [-0.2, -0.15) is 0 Å². The Kier molecular flexibility index (Phi) is 2.39. The zero-order valence-electron chi connectivity index (χ0n) is 4.46. The van der Waals surface area contributed by atoms with E-state index in [1.165, 1.54) is 0 Å². The summed E-state index contributed by atoms with van der Waals surface area (Å²) in [4.78, 5) is 1.02. The Morgan fingerprint density at radius 1 is 1.75 bits per heavy atom. The van der Waals surface area contributed by atoms with Gasteiger partial charge in [-0.3, -0.25) is 0 Å². The minimum atomic E-state index is 0.656. The van der Waals surface area contributed by atoms with Crippen LogP contribution in [0, 0.1) is 0 Å². The van der Waals surface area contributed by atoms with Crippen molar-refractivity contribution >= 4 is 12.0 Å². The van der Waals surface area contributed by atoms with Gasteiger partial charge in [-0.1, -0.05) is 0 Å². The van der Waals surface area contributed by atoms with Crippen molar-refractivity contribution in [1.29, 1.82) is 0 Å². The van der Waals surface area contributed by atoms with Crippen molar-refractivity contribution in [1.82, 2.24) is 0 Å². The zero-order chi connectivity index (χ0) is 5.82. The molecule has 46 valence electrons. The molecular weight excluding hydrogens is 124 g/mol. The van der Waals surface area contributed by atoms with Crippen molar-refractivity contribution in [3.63, 3.8) is 0 Å². The van der Waals surface area contributed by atoms with Gasteiger partial charge in [0.15, 0.2) is 0 Å². The maximum Gasteiger partial charge on any atom is 0.0659 e. The first-order valence-electron chi connectivity index (χ1n) is 2.51. The predicted octanol–water partition coefficient (Wildman–Crippen LogP) is 1.50. The van der Waals surface area contributed by atoms with Gasteiger partial charge in [-0.05, 0) is 6.08 Å². The average Bonchev–Trinajstić information content (AvgIpc) is 1.90. The topological polar surface area (TPSA) is 29.5 Å². The van der Waals surface area contributed by atoms with Gasteiger partial charge in [-0.25, -0.2) is 0 Å². The molecule has 0 radical (unpaired) electrons. The van der Waals surface area contributed by atoms with Crippen LogP contribution in [0.2, 0.25) is 0 Å². The Bertz CT molecular complexity index is 101. The van der Waals surface area contributed by atoms with E-state index in [0.29, 0.717) is 6.61 Å². The number of rotatable bonds is 1. The molecule has 0 saturated carbocycles. The number of ether oxygens (including phenoxy) is 1. The van der Waals surface area contributed by atoms with Crippen molar-refractivity contribution in [3.8, 4) is 0 Å². The van der Waals surface area contributed by atoms with E-state index in [0.717, 1.165) is 30.0 Å². The molecule has 1 heterocycles. The number of hydrogen-bond acceptors (Lipinski definition) is 3. The van der Waals surface area contributed by atoms with Gasteiger partial charge in [0.2, 0.25) is 0 Å². The van der Waals surface area contributed by atoms with Crippen molar-refractivity contribution in [2.45, 2.75) is 6.42 Å². The van der Waals surface area contributed by atoms with Gasteiger partial charge in [0.1, 0.15) is 0 Å². The molecule has 1 aliphatic rings. The highest BCUT2D eigenvalue weighted by Gasteiger charge is 2.01. The first kappa shape index (κ1) is 6.13. The molecule has 0 bridgehead atoms. The summed E-state index contributed by atoms with van der Waals surface area (Å²) in [5.41, 5.74) is 0. The van der Waals surface area contributed by atoms with Gasteiger partial charge < -0.3 is 9.29 Å². The second-order valence-corrected chi connectivity index (χ2v) is 2.29. The minimum absolute atomic E-state index is 0.656. The van der Waals surface area contributed by atoms with Crippen LogP contribution in [-0.2, 0) is 4.74 Å². The van der Waals surface area contributed by atoms with Crippen molar-refractivity contribution in [3.05, 3.63) is 11.0 Å². The second-order valence-electron chi connectivity index (χ2n) is 1.59. The molecule has 0 aromatic rings. The fourth-order valence-electron chi connectivity index (χ4n) is 0.593. The van der Waals surface area contributed by atoms with Crippen LogP contribution in [0.15, 0.2) is 11.0 Å². The molecule has 0 atom stereocenters. The highest BCUT2D eigenvalue weighted by molar-refractivity contribution is 7.97. The highest BCUT2D eigenvalue weighted by atomic mass is 32.2. The van der Waals surface area contributed by atoms with Gasteiger partial charge in [0.05, 0.1) is 13.2 Å². The summed E-state index contributed by atoms with van der Waals surface area (Å²) in [6, 6.07) is 0. The van der Waals surface area contributed by atoms with Gasteiger partial charge >= 0.3 is 0 Å². The van der Waals surface area contributed by atoms with Crippen LogP contribution in [-0.4, -0.2) is 17.8 Å². The first-order valence-corrected chi connectivity index (χ1v) is 3.29. The molecule has 0 aromatic heterocycles. The lowest BCUT2D eigenvalue weighted by Gasteiger charge is -2.08. The predicted molar refractivity (Wildman–Crippen MR) is 33.7 cm³/mol. The quantitative estimate of drug-likeness (QED) is 0.548. The molecule has 1 aliphatic heterocycles. The third-order valence-corrected chi connectivity index (χ3v) is 1.64. The molecule has 1 rings (SSSR count). The van der Waals surface area contributed by atoms with Crippen LogP contribution < -0.4 is 0 Å². The average molecular weight is 132 g/mol. The standard InChI is InChI=1S/C5H8O2S/c6-8-5-1-3-7-4-2-5/h1,6H,2-4H2. The maximum atomic E-state index is 8.48. The zero-order valence-corrected chi connectivity index (χ0v) is 5.28. The molecule has 3 heteroatoms. The Hall–Kier alpha value is 0.01000. The Morgan fingerprint density at radius 2 is 2.62 bits per heavy atom. The lowest BCUT2D eigenvalue weighted by atomic mass is 10.3. The van der Waals surface area contributed by atoms with E-state index in [9.17, 15) is 0 Å². The van der Waals surface area contributed by atoms with E-state index >= 15 is 0 Å². The molecule has 8 heavy (non-hydrogen) atoms. The Balaban J connectivity index is 2.37. The molecule has 0 fully saturated rings. The normalized spacial score (nSPS) is 20.4. The fourth-order valence-corrected chi connectivity index (χ4v) is 0.910. The lowest BCUT2D eigenvalue weighted by Crippen LogP contribution is -2.01. The van der Waals surface area contributed by atoms with E-state index in [2.05, 4.69) is 0 Å². The Labute approximate surface area is 52.7 Å². The van der Waals surface area contributed by atoms with Crippen molar-refractivity contribution in [2.24, 2.45) is 0 Å². The summed E-state index contributed by atoms with van der Waals surface area (Å²) in [6.45, 7) is 1.41. The van der Waals surface area contributed by atoms with Crippen LogP contribution in [0.3, 0.4) is 0 Å². The van der Waals surface area contributed by atoms with Crippen LogP contribution in [0.25, 0.3) is 0 Å². The van der Waals surface area contributed by atoms with E-state index < -0.39 is 0 Å². The first-order chi connectivity index (χ1) is 3.93. The Morgan fingerprint density at radius 3 is 3.00 bits per heavy atom. The number of hydrogen-bond donors (Lipinski definition) is 1.